The highest BCUT2D eigenvalue weighted by atomic mass is 16.3. The van der Waals surface area contributed by atoms with Crippen molar-refractivity contribution in [1.82, 2.24) is 14.8 Å². The average Bonchev–Trinajstić information content (AvgIpc) is 3.76. The molecule has 8 aromatic rings. The van der Waals surface area contributed by atoms with E-state index in [-0.39, 0.29) is 5.41 Å². The highest BCUT2D eigenvalue weighted by molar-refractivity contribution is 6.09. The van der Waals surface area contributed by atoms with E-state index in [9.17, 15) is 0 Å². The number of fused-ring (bicyclic) bond motifs is 6. The van der Waals surface area contributed by atoms with Crippen molar-refractivity contribution in [3.63, 3.8) is 0 Å². The summed E-state index contributed by atoms with van der Waals surface area (Å²) in [6.45, 7) is 4.65. The molecule has 4 heteroatoms. The average molecular weight is 580 g/mol. The van der Waals surface area contributed by atoms with E-state index < -0.39 is 0 Å². The summed E-state index contributed by atoms with van der Waals surface area (Å²) >= 11 is 0. The lowest BCUT2D eigenvalue weighted by Crippen LogP contribution is -2.15. The summed E-state index contributed by atoms with van der Waals surface area (Å²) in [7, 11) is 0. The Balaban J connectivity index is 1.17. The second kappa shape index (κ2) is 9.63. The fourth-order valence-corrected chi connectivity index (χ4v) is 7.09. The topological polar surface area (TPSA) is 43.9 Å². The van der Waals surface area contributed by atoms with E-state index in [4.69, 9.17) is 14.6 Å². The van der Waals surface area contributed by atoms with Crippen molar-refractivity contribution in [1.29, 1.82) is 0 Å². The van der Waals surface area contributed by atoms with Gasteiger partial charge in [0.2, 0.25) is 0 Å². The van der Waals surface area contributed by atoms with Gasteiger partial charge in [0.1, 0.15) is 11.2 Å². The van der Waals surface area contributed by atoms with Gasteiger partial charge >= 0.3 is 0 Å². The normalized spacial score (nSPS) is 13.3. The molecule has 1 aliphatic rings. The molecule has 0 radical (unpaired) electrons. The van der Waals surface area contributed by atoms with Crippen LogP contribution in [-0.4, -0.2) is 14.8 Å². The van der Waals surface area contributed by atoms with Crippen molar-refractivity contribution >= 4 is 21.9 Å². The van der Waals surface area contributed by atoms with Crippen molar-refractivity contribution in [2.24, 2.45) is 0 Å². The zero-order valence-electron chi connectivity index (χ0n) is 25.0. The first-order valence-electron chi connectivity index (χ1n) is 15.3. The smallest absolute Gasteiger partial charge is 0.168 e. The quantitative estimate of drug-likeness (QED) is 0.208. The Kier molecular flexibility index (Phi) is 5.51. The molecule has 0 aliphatic heterocycles. The lowest BCUT2D eigenvalue weighted by molar-refractivity contribution is 0.660. The van der Waals surface area contributed by atoms with Crippen molar-refractivity contribution in [3.8, 4) is 50.7 Å². The van der Waals surface area contributed by atoms with Crippen LogP contribution in [0.4, 0.5) is 0 Å². The molecule has 0 bridgehead atoms. The maximum Gasteiger partial charge on any atom is 0.168 e. The van der Waals surface area contributed by atoms with Gasteiger partial charge in [0.25, 0.3) is 0 Å². The molecule has 0 N–H and O–H groups in total. The number of para-hydroxylation sites is 3. The second-order valence-corrected chi connectivity index (χ2v) is 12.3. The third-order valence-electron chi connectivity index (χ3n) is 9.36. The van der Waals surface area contributed by atoms with E-state index >= 15 is 0 Å². The van der Waals surface area contributed by atoms with Gasteiger partial charge in [-0.15, -0.1) is 10.2 Å². The molecule has 2 aromatic heterocycles. The molecule has 0 fully saturated rings. The largest absolute Gasteiger partial charge is 0.455 e. The molecule has 214 valence electrons. The molecule has 9 rings (SSSR count). The van der Waals surface area contributed by atoms with Crippen LogP contribution in [0.15, 0.2) is 144 Å². The maximum absolute atomic E-state index is 6.40. The molecule has 0 saturated heterocycles. The zero-order valence-corrected chi connectivity index (χ0v) is 25.0. The third-order valence-corrected chi connectivity index (χ3v) is 9.36. The molecule has 0 saturated carbocycles. The van der Waals surface area contributed by atoms with Crippen LogP contribution in [0.3, 0.4) is 0 Å². The fourth-order valence-electron chi connectivity index (χ4n) is 7.09. The summed E-state index contributed by atoms with van der Waals surface area (Å²) in [6, 6.07) is 49.0. The highest BCUT2D eigenvalue weighted by Gasteiger charge is 2.36. The lowest BCUT2D eigenvalue weighted by atomic mass is 9.81. The summed E-state index contributed by atoms with van der Waals surface area (Å²) in [5, 5.41) is 11.8. The molecular formula is C41H29N3O. The number of nitrogens with zero attached hydrogens (tertiary/aromatic N) is 3. The minimum Gasteiger partial charge on any atom is -0.455 e. The summed E-state index contributed by atoms with van der Waals surface area (Å²) in [5.41, 5.74) is 12.2. The van der Waals surface area contributed by atoms with E-state index in [2.05, 4.69) is 122 Å². The number of aromatic nitrogens is 3. The minimum absolute atomic E-state index is 0.210. The second-order valence-electron chi connectivity index (χ2n) is 12.3. The molecule has 1 aliphatic carbocycles. The first-order chi connectivity index (χ1) is 22.1. The van der Waals surface area contributed by atoms with Crippen LogP contribution in [0.2, 0.25) is 0 Å². The van der Waals surface area contributed by atoms with Gasteiger partial charge in [0, 0.05) is 38.6 Å². The number of furan rings is 1. The van der Waals surface area contributed by atoms with Crippen LogP contribution >= 0.6 is 0 Å². The first kappa shape index (κ1) is 25.7. The third kappa shape index (κ3) is 3.85. The highest BCUT2D eigenvalue weighted by Crippen LogP contribution is 2.51. The summed E-state index contributed by atoms with van der Waals surface area (Å²) < 4.78 is 8.57. The van der Waals surface area contributed by atoms with Gasteiger partial charge in [-0.25, -0.2) is 0 Å². The van der Waals surface area contributed by atoms with Crippen LogP contribution in [0.25, 0.3) is 72.7 Å². The molecule has 0 spiro atoms. The molecular weight excluding hydrogens is 550 g/mol. The Morgan fingerprint density at radius 3 is 1.87 bits per heavy atom. The summed E-state index contributed by atoms with van der Waals surface area (Å²) in [5.74, 6) is 1.65. The van der Waals surface area contributed by atoms with E-state index in [1.807, 2.05) is 36.4 Å². The van der Waals surface area contributed by atoms with Crippen LogP contribution in [0, 0.1) is 0 Å². The van der Waals surface area contributed by atoms with E-state index in [0.717, 1.165) is 61.5 Å². The Morgan fingerprint density at radius 2 is 1.11 bits per heavy atom. The van der Waals surface area contributed by atoms with Gasteiger partial charge in [0.15, 0.2) is 11.6 Å². The Morgan fingerprint density at radius 1 is 0.511 bits per heavy atom. The van der Waals surface area contributed by atoms with E-state index in [1.54, 1.807) is 0 Å². The molecule has 4 nitrogen and oxygen atoms in total. The predicted molar refractivity (Wildman–Crippen MR) is 183 cm³/mol. The summed E-state index contributed by atoms with van der Waals surface area (Å²) in [4.78, 5) is 0. The van der Waals surface area contributed by atoms with Crippen molar-refractivity contribution < 1.29 is 4.42 Å². The monoisotopic (exact) mass is 579 g/mol. The lowest BCUT2D eigenvalue weighted by Gasteiger charge is -2.22. The molecule has 45 heavy (non-hydrogen) atoms. The molecule has 0 atom stereocenters. The number of rotatable bonds is 4. The van der Waals surface area contributed by atoms with E-state index in [0.29, 0.717) is 0 Å². The van der Waals surface area contributed by atoms with Gasteiger partial charge < -0.3 is 4.42 Å². The first-order valence-corrected chi connectivity index (χ1v) is 15.3. The Bertz CT molecular complexity index is 2400. The van der Waals surface area contributed by atoms with Crippen LogP contribution in [-0.2, 0) is 5.41 Å². The standard InChI is InChI=1S/C41H29N3O/c1-41(2)35-24-27(30-17-11-18-34-33-16-9-10-19-37(33)45-38(30)34)20-22-31(35)32-23-21-28(25-36(32)41)40-43-42-39(26-12-5-3-6-13-26)44(40)29-14-7-4-8-15-29/h3-25H,1-2H3. The maximum atomic E-state index is 6.40. The van der Waals surface area contributed by atoms with Gasteiger partial charge in [-0.05, 0) is 58.1 Å². The van der Waals surface area contributed by atoms with Crippen molar-refractivity contribution in [3.05, 3.63) is 151 Å². The van der Waals surface area contributed by atoms with Gasteiger partial charge in [0.05, 0.1) is 0 Å². The summed E-state index contributed by atoms with van der Waals surface area (Å²) in [6.07, 6.45) is 0. The molecule has 2 heterocycles. The number of hydrogen-bond acceptors (Lipinski definition) is 3. The fraction of sp³-hybridized carbons (Fsp3) is 0.0732. The predicted octanol–water partition coefficient (Wildman–Crippen LogP) is 10.5. The van der Waals surface area contributed by atoms with Gasteiger partial charge in [-0.2, -0.15) is 0 Å². The zero-order chi connectivity index (χ0) is 30.1. The SMILES string of the molecule is CC1(C)c2cc(-c3cccc4c3oc3ccccc34)ccc2-c2ccc(-c3nnc(-c4ccccc4)n3-c3ccccc3)cc21. The van der Waals surface area contributed by atoms with Crippen molar-refractivity contribution in [2.45, 2.75) is 19.3 Å². The van der Waals surface area contributed by atoms with Gasteiger partial charge in [-0.1, -0.05) is 123 Å². The van der Waals surface area contributed by atoms with Crippen LogP contribution in [0.1, 0.15) is 25.0 Å². The molecule has 0 amide bonds. The van der Waals surface area contributed by atoms with Crippen LogP contribution < -0.4 is 0 Å². The minimum atomic E-state index is -0.210. The molecule has 6 aromatic carbocycles. The van der Waals surface area contributed by atoms with Crippen LogP contribution in [0.5, 0.6) is 0 Å². The Labute approximate surface area is 261 Å². The molecule has 0 unspecified atom stereocenters. The number of benzene rings is 6. The van der Waals surface area contributed by atoms with Gasteiger partial charge in [-0.3, -0.25) is 4.57 Å². The van der Waals surface area contributed by atoms with E-state index in [1.165, 1.54) is 22.3 Å². The number of hydrogen-bond donors (Lipinski definition) is 0. The van der Waals surface area contributed by atoms with Crippen molar-refractivity contribution in [2.75, 3.05) is 0 Å². The Hall–Kier alpha value is -5.74.